The molecule has 0 rings (SSSR count). The van der Waals surface area contributed by atoms with Crippen molar-refractivity contribution in [2.75, 3.05) is 33.0 Å². The Morgan fingerprint density at radius 3 is 2.14 bits per heavy atom. The molecule has 3 heteroatoms. The van der Waals surface area contributed by atoms with Crippen molar-refractivity contribution in [1.82, 2.24) is 0 Å². The maximum absolute atomic E-state index is 8.31. The van der Waals surface area contributed by atoms with Gasteiger partial charge >= 0.3 is 0 Å². The van der Waals surface area contributed by atoms with Crippen molar-refractivity contribution in [2.24, 2.45) is 0 Å². The van der Waals surface area contributed by atoms with Crippen LogP contribution in [-0.2, 0) is 9.47 Å². The number of aliphatic hydroxyl groups excluding tert-OH is 1. The van der Waals surface area contributed by atoms with Crippen LogP contribution in [0.15, 0.2) is 12.7 Å². The third-order valence-corrected chi connectivity index (χ3v) is 1.09. The van der Waals surface area contributed by atoms with Crippen LogP contribution >= 0.6 is 0 Å². The molecule has 0 amide bonds. The van der Waals surface area contributed by atoms with E-state index in [4.69, 9.17) is 14.6 Å². The molecule has 14 heavy (non-hydrogen) atoms. The van der Waals surface area contributed by atoms with Crippen molar-refractivity contribution in [3.05, 3.63) is 12.7 Å². The Bertz CT molecular complexity index is 249. The molecule has 76 valence electrons. The van der Waals surface area contributed by atoms with Crippen molar-refractivity contribution < 1.29 is 14.6 Å². The lowest BCUT2D eigenvalue weighted by atomic mass is 10.6. The third kappa shape index (κ3) is 10.7. The second-order valence-corrected chi connectivity index (χ2v) is 2.16. The molecule has 0 bridgehead atoms. The molecule has 0 spiro atoms. The van der Waals surface area contributed by atoms with Crippen LogP contribution in [0.3, 0.4) is 0 Å². The van der Waals surface area contributed by atoms with Crippen LogP contribution in [0.5, 0.6) is 0 Å². The molecule has 1 N–H and O–H groups in total. The Morgan fingerprint density at radius 1 is 1.00 bits per heavy atom. The standard InChI is InChI=1S/C11H14O3/c1-2-8-13-10-5-6-11-14-9-4-3-7-12/h2,12H,1,7-11H2. The van der Waals surface area contributed by atoms with Gasteiger partial charge in [-0.05, 0) is 0 Å². The van der Waals surface area contributed by atoms with Gasteiger partial charge in [-0.25, -0.2) is 0 Å². The first-order chi connectivity index (χ1) is 6.91. The molecule has 0 aromatic carbocycles. The molecule has 3 nitrogen and oxygen atoms in total. The number of hydrogen-bond donors (Lipinski definition) is 1. The Kier molecular flexibility index (Phi) is 10.7. The van der Waals surface area contributed by atoms with E-state index in [2.05, 4.69) is 30.3 Å². The van der Waals surface area contributed by atoms with Crippen molar-refractivity contribution >= 4 is 0 Å². The Balaban J connectivity index is 3.21. The Morgan fingerprint density at radius 2 is 1.57 bits per heavy atom. The summed E-state index contributed by atoms with van der Waals surface area (Å²) in [4.78, 5) is 0. The fourth-order valence-electron chi connectivity index (χ4n) is 0.555. The van der Waals surface area contributed by atoms with E-state index in [0.717, 1.165) is 0 Å². The molecule has 0 atom stereocenters. The first-order valence-corrected chi connectivity index (χ1v) is 4.20. The van der Waals surface area contributed by atoms with Crippen LogP contribution in [0.25, 0.3) is 0 Å². The predicted octanol–water partition coefficient (Wildman–Crippen LogP) is 0.205. The van der Waals surface area contributed by atoms with E-state index in [1.54, 1.807) is 6.08 Å². The van der Waals surface area contributed by atoms with Crippen molar-refractivity contribution in [1.29, 1.82) is 0 Å². The summed E-state index contributed by atoms with van der Waals surface area (Å²) in [6, 6.07) is 0. The van der Waals surface area contributed by atoms with Gasteiger partial charge < -0.3 is 14.6 Å². The van der Waals surface area contributed by atoms with Crippen LogP contribution in [0.1, 0.15) is 0 Å². The van der Waals surface area contributed by atoms with Crippen molar-refractivity contribution in [2.45, 2.75) is 0 Å². The van der Waals surface area contributed by atoms with Gasteiger partial charge in [0.15, 0.2) is 0 Å². The van der Waals surface area contributed by atoms with Gasteiger partial charge in [0.2, 0.25) is 0 Å². The lowest BCUT2D eigenvalue weighted by Crippen LogP contribution is -1.94. The zero-order valence-electron chi connectivity index (χ0n) is 8.08. The summed E-state index contributed by atoms with van der Waals surface area (Å²) in [5.41, 5.74) is 0. The Hall–Kier alpha value is -1.26. The van der Waals surface area contributed by atoms with E-state index >= 15 is 0 Å². The lowest BCUT2D eigenvalue weighted by molar-refractivity contribution is 0.195. The van der Waals surface area contributed by atoms with E-state index in [1.165, 1.54) is 0 Å². The van der Waals surface area contributed by atoms with Crippen LogP contribution in [0.2, 0.25) is 0 Å². The number of ether oxygens (including phenoxy) is 2. The molecule has 0 aromatic rings. The average molecular weight is 194 g/mol. The summed E-state index contributed by atoms with van der Waals surface area (Å²) in [7, 11) is 0. The topological polar surface area (TPSA) is 38.7 Å². The molecule has 0 saturated carbocycles. The van der Waals surface area contributed by atoms with Gasteiger partial charge in [0.05, 0.1) is 6.61 Å². The van der Waals surface area contributed by atoms with Gasteiger partial charge in [-0.2, -0.15) is 0 Å². The molecule has 0 aliphatic rings. The van der Waals surface area contributed by atoms with Gasteiger partial charge in [0.25, 0.3) is 0 Å². The first-order valence-electron chi connectivity index (χ1n) is 4.20. The fraction of sp³-hybridized carbons (Fsp3) is 0.455. The molecular formula is C11H14O3. The van der Waals surface area contributed by atoms with E-state index in [-0.39, 0.29) is 6.61 Å². The number of rotatable bonds is 5. The molecule has 0 aliphatic carbocycles. The molecule has 0 aromatic heterocycles. The average Bonchev–Trinajstić information content (AvgIpc) is 2.21. The van der Waals surface area contributed by atoms with Crippen LogP contribution < -0.4 is 0 Å². The van der Waals surface area contributed by atoms with E-state index in [9.17, 15) is 0 Å². The third-order valence-electron chi connectivity index (χ3n) is 1.09. The number of aliphatic hydroxyl groups is 1. The highest BCUT2D eigenvalue weighted by atomic mass is 16.5. The lowest BCUT2D eigenvalue weighted by Gasteiger charge is -1.91. The van der Waals surface area contributed by atoms with Gasteiger partial charge in [0, 0.05) is 0 Å². The largest absolute Gasteiger partial charge is 0.384 e. The van der Waals surface area contributed by atoms with Crippen molar-refractivity contribution in [3.8, 4) is 23.7 Å². The minimum absolute atomic E-state index is 0.134. The first kappa shape index (κ1) is 12.7. The molecule has 0 saturated heterocycles. The minimum Gasteiger partial charge on any atom is -0.384 e. The highest BCUT2D eigenvalue weighted by Gasteiger charge is 1.78. The summed E-state index contributed by atoms with van der Waals surface area (Å²) in [5, 5.41) is 8.31. The Labute approximate surface area is 84.7 Å². The quantitative estimate of drug-likeness (QED) is 0.386. The molecule has 0 fully saturated rings. The highest BCUT2D eigenvalue weighted by Crippen LogP contribution is 1.74. The maximum Gasteiger partial charge on any atom is 0.109 e. The molecule has 0 radical (unpaired) electrons. The monoisotopic (exact) mass is 194 g/mol. The van der Waals surface area contributed by atoms with Crippen LogP contribution in [-0.4, -0.2) is 38.1 Å². The summed E-state index contributed by atoms with van der Waals surface area (Å²) in [6.07, 6.45) is 1.67. The summed E-state index contributed by atoms with van der Waals surface area (Å²) >= 11 is 0. The van der Waals surface area contributed by atoms with E-state index in [0.29, 0.717) is 26.4 Å². The molecule has 0 unspecified atom stereocenters. The van der Waals surface area contributed by atoms with Crippen LogP contribution in [0, 0.1) is 23.7 Å². The highest BCUT2D eigenvalue weighted by molar-refractivity contribution is 5.01. The van der Waals surface area contributed by atoms with Gasteiger partial charge in [-0.3, -0.25) is 0 Å². The van der Waals surface area contributed by atoms with E-state index < -0.39 is 0 Å². The SMILES string of the molecule is C=CCOCC#CCOCC#CCO. The molecule has 0 heterocycles. The molecular weight excluding hydrogens is 180 g/mol. The summed E-state index contributed by atoms with van der Waals surface area (Å²) in [5.74, 6) is 10.6. The summed E-state index contributed by atoms with van der Waals surface area (Å²) in [6.45, 7) is 4.89. The predicted molar refractivity (Wildman–Crippen MR) is 54.5 cm³/mol. The minimum atomic E-state index is -0.134. The van der Waals surface area contributed by atoms with Gasteiger partial charge in [-0.1, -0.05) is 29.8 Å². The number of hydrogen-bond acceptors (Lipinski definition) is 3. The van der Waals surface area contributed by atoms with Gasteiger partial charge in [0.1, 0.15) is 26.4 Å². The maximum atomic E-state index is 8.31. The van der Waals surface area contributed by atoms with Crippen molar-refractivity contribution in [3.63, 3.8) is 0 Å². The second-order valence-electron chi connectivity index (χ2n) is 2.16. The zero-order chi connectivity index (χ0) is 10.5. The normalized spacial score (nSPS) is 8.07. The smallest absolute Gasteiger partial charge is 0.109 e. The fourth-order valence-corrected chi connectivity index (χ4v) is 0.555. The zero-order valence-corrected chi connectivity index (χ0v) is 8.08. The van der Waals surface area contributed by atoms with Crippen LogP contribution in [0.4, 0.5) is 0 Å². The van der Waals surface area contributed by atoms with Gasteiger partial charge in [-0.15, -0.1) is 6.58 Å². The molecule has 0 aliphatic heterocycles. The summed E-state index contributed by atoms with van der Waals surface area (Å²) < 4.78 is 10.0. The second kappa shape index (κ2) is 11.7. The van der Waals surface area contributed by atoms with E-state index in [1.807, 2.05) is 0 Å².